The Kier molecular flexibility index (Phi) is 5.18. The molecule has 1 heteroatoms. The molecule has 0 aliphatic rings. The van der Waals surface area contributed by atoms with E-state index in [1.54, 1.807) is 0 Å². The van der Waals surface area contributed by atoms with E-state index in [-0.39, 0.29) is 0 Å². The molecular formula is C21H19N. The van der Waals surface area contributed by atoms with Crippen molar-refractivity contribution in [2.24, 2.45) is 0 Å². The molecule has 1 nitrogen and oxygen atoms in total. The summed E-state index contributed by atoms with van der Waals surface area (Å²) < 4.78 is 0. The van der Waals surface area contributed by atoms with Crippen molar-refractivity contribution in [3.63, 3.8) is 0 Å². The van der Waals surface area contributed by atoms with Gasteiger partial charge >= 0.3 is 0 Å². The molecule has 0 bridgehead atoms. The van der Waals surface area contributed by atoms with Gasteiger partial charge in [-0.25, -0.2) is 0 Å². The fourth-order valence-electron chi connectivity index (χ4n) is 2.61. The van der Waals surface area contributed by atoms with Crippen LogP contribution in [0.25, 0.3) is 0 Å². The molecule has 2 aromatic rings. The number of hydrogen-bond acceptors (Lipinski definition) is 1. The monoisotopic (exact) mass is 285 g/mol. The average Bonchev–Trinajstić information content (AvgIpc) is 2.56. The maximum absolute atomic E-state index is 9.04. The van der Waals surface area contributed by atoms with Crippen LogP contribution in [0.3, 0.4) is 0 Å². The van der Waals surface area contributed by atoms with Gasteiger partial charge in [0, 0.05) is 5.56 Å². The van der Waals surface area contributed by atoms with Crippen molar-refractivity contribution in [3.8, 4) is 18.4 Å². The van der Waals surface area contributed by atoms with Crippen molar-refractivity contribution < 1.29 is 0 Å². The summed E-state index contributed by atoms with van der Waals surface area (Å²) in [5, 5.41) is 9.04. The summed E-state index contributed by atoms with van der Waals surface area (Å²) in [6, 6.07) is 14.5. The second-order valence-corrected chi connectivity index (χ2v) is 5.26. The number of allylic oxidation sites excluding steroid dienone is 1. The molecule has 0 aliphatic heterocycles. The lowest BCUT2D eigenvalue weighted by molar-refractivity contribution is 1.05. The number of terminal acetylenes is 1. The largest absolute Gasteiger partial charge is 0.192 e. The molecule has 0 amide bonds. The highest BCUT2D eigenvalue weighted by Crippen LogP contribution is 2.19. The van der Waals surface area contributed by atoms with Crippen molar-refractivity contribution >= 4 is 0 Å². The summed E-state index contributed by atoms with van der Waals surface area (Å²) >= 11 is 0. The third-order valence-corrected chi connectivity index (χ3v) is 3.79. The normalized spacial score (nSPS) is 9.77. The van der Waals surface area contributed by atoms with Crippen LogP contribution in [0.4, 0.5) is 0 Å². The highest BCUT2D eigenvalue weighted by atomic mass is 14.2. The smallest absolute Gasteiger partial charge is 0.100 e. The second kappa shape index (κ2) is 7.30. The van der Waals surface area contributed by atoms with Gasteiger partial charge in [0.05, 0.1) is 5.56 Å². The van der Waals surface area contributed by atoms with Gasteiger partial charge in [-0.1, -0.05) is 43.2 Å². The van der Waals surface area contributed by atoms with E-state index in [9.17, 15) is 0 Å². The highest BCUT2D eigenvalue weighted by Gasteiger charge is 2.06. The van der Waals surface area contributed by atoms with Crippen LogP contribution in [0, 0.1) is 23.7 Å². The van der Waals surface area contributed by atoms with Crippen LogP contribution in [-0.4, -0.2) is 0 Å². The van der Waals surface area contributed by atoms with E-state index in [1.165, 1.54) is 16.7 Å². The lowest BCUT2D eigenvalue weighted by Gasteiger charge is -2.11. The molecule has 2 rings (SSSR count). The molecule has 0 atom stereocenters. The quantitative estimate of drug-likeness (QED) is 0.589. The van der Waals surface area contributed by atoms with Gasteiger partial charge in [0.25, 0.3) is 0 Å². The number of hydrogen-bond donors (Lipinski definition) is 0. The average molecular weight is 285 g/mol. The third-order valence-electron chi connectivity index (χ3n) is 3.79. The molecule has 0 heterocycles. The molecular weight excluding hydrogens is 266 g/mol. The molecule has 0 N–H and O–H groups in total. The molecule has 0 spiro atoms. The summed E-state index contributed by atoms with van der Waals surface area (Å²) in [7, 11) is 0. The molecule has 0 aliphatic carbocycles. The highest BCUT2D eigenvalue weighted by molar-refractivity contribution is 5.50. The maximum atomic E-state index is 9.04. The zero-order chi connectivity index (χ0) is 15.9. The van der Waals surface area contributed by atoms with E-state index in [0.717, 1.165) is 24.8 Å². The predicted molar refractivity (Wildman–Crippen MR) is 91.6 cm³/mol. The predicted octanol–water partition coefficient (Wildman–Crippen LogP) is 4.42. The zero-order valence-corrected chi connectivity index (χ0v) is 12.9. The summed E-state index contributed by atoms with van der Waals surface area (Å²) in [4.78, 5) is 0. The number of rotatable bonds is 5. The topological polar surface area (TPSA) is 23.8 Å². The number of nitrogens with zero attached hydrogens (tertiary/aromatic N) is 1. The standard InChI is InChI=1S/C21H19N/c1-4-7-16-8-10-20(18(5-2)12-16)14-17-9-11-21(15-22)19(6-3)13-17/h3-4,8-13H,1,5,7,14H2,2H3. The first-order valence-corrected chi connectivity index (χ1v) is 7.43. The van der Waals surface area contributed by atoms with Gasteiger partial charge in [0.15, 0.2) is 0 Å². The number of aryl methyl sites for hydroxylation is 1. The SMILES string of the molecule is C#Cc1cc(Cc2ccc(CC=C)cc2CC)ccc1C#N. The van der Waals surface area contributed by atoms with Crippen LogP contribution in [-0.2, 0) is 19.3 Å². The Morgan fingerprint density at radius 1 is 1.09 bits per heavy atom. The molecule has 0 fully saturated rings. The molecule has 22 heavy (non-hydrogen) atoms. The lowest BCUT2D eigenvalue weighted by Crippen LogP contribution is -1.98. The van der Waals surface area contributed by atoms with Gasteiger partial charge in [0.1, 0.15) is 6.07 Å². The summed E-state index contributed by atoms with van der Waals surface area (Å²) in [5.41, 5.74) is 6.32. The van der Waals surface area contributed by atoms with E-state index in [4.69, 9.17) is 11.7 Å². The Hall–Kier alpha value is -2.77. The van der Waals surface area contributed by atoms with Gasteiger partial charge in [-0.2, -0.15) is 5.26 Å². The molecule has 0 aromatic heterocycles. The van der Waals surface area contributed by atoms with Crippen LogP contribution in [0.5, 0.6) is 0 Å². The van der Waals surface area contributed by atoms with Crippen LogP contribution in [0.1, 0.15) is 40.3 Å². The Bertz CT molecular complexity index is 769. The first-order valence-electron chi connectivity index (χ1n) is 7.43. The molecule has 0 saturated carbocycles. The summed E-state index contributed by atoms with van der Waals surface area (Å²) in [5.74, 6) is 2.59. The Morgan fingerprint density at radius 2 is 1.86 bits per heavy atom. The lowest BCUT2D eigenvalue weighted by atomic mass is 9.94. The van der Waals surface area contributed by atoms with E-state index in [2.05, 4.69) is 43.7 Å². The first-order chi connectivity index (χ1) is 10.7. The molecule has 0 radical (unpaired) electrons. The van der Waals surface area contributed by atoms with Gasteiger partial charge in [0.2, 0.25) is 0 Å². The fraction of sp³-hybridized carbons (Fsp3) is 0.190. The van der Waals surface area contributed by atoms with Gasteiger partial charge in [-0.3, -0.25) is 0 Å². The molecule has 0 unspecified atom stereocenters. The number of benzene rings is 2. The Labute approximate surface area is 132 Å². The van der Waals surface area contributed by atoms with Crippen LogP contribution in [0.15, 0.2) is 49.1 Å². The summed E-state index contributed by atoms with van der Waals surface area (Å²) in [6.07, 6.45) is 10.1. The fourth-order valence-corrected chi connectivity index (χ4v) is 2.61. The Balaban J connectivity index is 2.33. The van der Waals surface area contributed by atoms with Crippen LogP contribution in [0.2, 0.25) is 0 Å². The van der Waals surface area contributed by atoms with Crippen LogP contribution < -0.4 is 0 Å². The van der Waals surface area contributed by atoms with Crippen molar-refractivity contribution in [3.05, 3.63) is 82.4 Å². The minimum absolute atomic E-state index is 0.559. The number of nitriles is 1. The molecule has 2 aromatic carbocycles. The molecule has 108 valence electrons. The summed E-state index contributed by atoms with van der Waals surface area (Å²) in [6.45, 7) is 5.96. The zero-order valence-electron chi connectivity index (χ0n) is 12.9. The van der Waals surface area contributed by atoms with E-state index < -0.39 is 0 Å². The minimum Gasteiger partial charge on any atom is -0.192 e. The Morgan fingerprint density at radius 3 is 2.50 bits per heavy atom. The van der Waals surface area contributed by atoms with Gasteiger partial charge < -0.3 is 0 Å². The second-order valence-electron chi connectivity index (χ2n) is 5.26. The first kappa shape index (κ1) is 15.6. The minimum atomic E-state index is 0.559. The maximum Gasteiger partial charge on any atom is 0.100 e. The van der Waals surface area contributed by atoms with Crippen molar-refractivity contribution in [2.75, 3.05) is 0 Å². The van der Waals surface area contributed by atoms with Crippen molar-refractivity contribution in [2.45, 2.75) is 26.2 Å². The van der Waals surface area contributed by atoms with Crippen molar-refractivity contribution in [1.82, 2.24) is 0 Å². The van der Waals surface area contributed by atoms with E-state index in [1.807, 2.05) is 24.3 Å². The third kappa shape index (κ3) is 3.46. The van der Waals surface area contributed by atoms with Crippen molar-refractivity contribution in [1.29, 1.82) is 5.26 Å². The molecule has 0 saturated heterocycles. The van der Waals surface area contributed by atoms with E-state index >= 15 is 0 Å². The van der Waals surface area contributed by atoms with E-state index in [0.29, 0.717) is 11.1 Å². The van der Waals surface area contributed by atoms with Crippen LogP contribution >= 0.6 is 0 Å². The van der Waals surface area contributed by atoms with Gasteiger partial charge in [-0.05, 0) is 53.6 Å². The van der Waals surface area contributed by atoms with Gasteiger partial charge in [-0.15, -0.1) is 13.0 Å².